The molecule has 1 aliphatic carbocycles. The third-order valence-corrected chi connectivity index (χ3v) is 5.17. The van der Waals surface area contributed by atoms with Crippen molar-refractivity contribution in [3.05, 3.63) is 81.0 Å². The van der Waals surface area contributed by atoms with Crippen LogP contribution < -0.4 is 5.32 Å². The number of halogens is 1. The molecule has 3 heteroatoms. The van der Waals surface area contributed by atoms with Gasteiger partial charge in [-0.1, -0.05) is 60.1 Å². The zero-order valence-electron chi connectivity index (χ0n) is 11.3. The fraction of sp³-hybridized carbons (Fsp3) is 0.111. The third kappa shape index (κ3) is 2.30. The zero-order chi connectivity index (χ0) is 14.2. The van der Waals surface area contributed by atoms with Crippen LogP contribution in [0.3, 0.4) is 0 Å². The molecule has 0 unspecified atom stereocenters. The predicted octanol–water partition coefficient (Wildman–Crippen LogP) is 5.26. The number of hydrogen-bond donors (Lipinski definition) is 1. The molecule has 1 aromatic heterocycles. The molecule has 1 heterocycles. The second-order valence-corrected chi connectivity index (χ2v) is 6.99. The summed E-state index contributed by atoms with van der Waals surface area (Å²) >= 11 is 7.65. The molecule has 2 aromatic carbocycles. The molecule has 0 saturated carbocycles. The quantitative estimate of drug-likeness (QED) is 0.695. The number of hydrogen-bond acceptors (Lipinski definition) is 2. The Hall–Kier alpha value is -1.61. The van der Waals surface area contributed by atoms with Gasteiger partial charge in [-0.25, -0.2) is 0 Å². The van der Waals surface area contributed by atoms with Crippen LogP contribution in [0, 0.1) is 0 Å². The Kier molecular flexibility index (Phi) is 3.30. The molecule has 4 rings (SSSR count). The average molecular weight is 312 g/mol. The molecule has 0 aliphatic heterocycles. The van der Waals surface area contributed by atoms with Gasteiger partial charge < -0.3 is 5.32 Å². The maximum atomic E-state index is 6.01. The topological polar surface area (TPSA) is 12.0 Å². The van der Waals surface area contributed by atoms with Gasteiger partial charge in [-0.05, 0) is 34.4 Å². The van der Waals surface area contributed by atoms with Crippen LogP contribution >= 0.6 is 22.9 Å². The zero-order valence-corrected chi connectivity index (χ0v) is 12.9. The Morgan fingerprint density at radius 2 is 1.48 bits per heavy atom. The van der Waals surface area contributed by atoms with Crippen LogP contribution in [0.1, 0.15) is 22.0 Å². The minimum absolute atomic E-state index is 0.262. The maximum Gasteiger partial charge on any atom is 0.0931 e. The van der Waals surface area contributed by atoms with Crippen LogP contribution in [0.2, 0.25) is 4.34 Å². The molecule has 3 aromatic rings. The standard InChI is InChI=1S/C18H14ClNS/c19-17-10-9-12(21-17)11-20-18-15-7-3-1-5-13(15)14-6-2-4-8-16(14)18/h1-10,18,20H,11H2. The van der Waals surface area contributed by atoms with Gasteiger partial charge in [0.2, 0.25) is 0 Å². The van der Waals surface area contributed by atoms with Crippen LogP contribution in [-0.2, 0) is 6.54 Å². The smallest absolute Gasteiger partial charge is 0.0931 e. The van der Waals surface area contributed by atoms with Gasteiger partial charge in [0.15, 0.2) is 0 Å². The highest BCUT2D eigenvalue weighted by Crippen LogP contribution is 2.43. The summed E-state index contributed by atoms with van der Waals surface area (Å²) in [6, 6.07) is 21.6. The van der Waals surface area contributed by atoms with E-state index in [1.54, 1.807) is 11.3 Å². The molecule has 0 spiro atoms. The Bertz CT molecular complexity index is 748. The van der Waals surface area contributed by atoms with Crippen molar-refractivity contribution in [1.29, 1.82) is 0 Å². The molecule has 1 nitrogen and oxygen atoms in total. The minimum Gasteiger partial charge on any atom is -0.301 e. The summed E-state index contributed by atoms with van der Waals surface area (Å²) in [6.07, 6.45) is 0. The van der Waals surface area contributed by atoms with E-state index < -0.39 is 0 Å². The summed E-state index contributed by atoms with van der Waals surface area (Å²) in [4.78, 5) is 1.27. The van der Waals surface area contributed by atoms with E-state index in [9.17, 15) is 0 Å². The molecule has 21 heavy (non-hydrogen) atoms. The summed E-state index contributed by atoms with van der Waals surface area (Å²) in [5, 5.41) is 3.68. The van der Waals surface area contributed by atoms with Crippen molar-refractivity contribution < 1.29 is 0 Å². The summed E-state index contributed by atoms with van der Waals surface area (Å²) in [7, 11) is 0. The van der Waals surface area contributed by atoms with Crippen molar-refractivity contribution in [2.24, 2.45) is 0 Å². The van der Waals surface area contributed by atoms with Crippen molar-refractivity contribution in [3.63, 3.8) is 0 Å². The SMILES string of the molecule is Clc1ccc(CNC2c3ccccc3-c3ccccc32)s1. The monoisotopic (exact) mass is 311 g/mol. The van der Waals surface area contributed by atoms with Gasteiger partial charge in [0.05, 0.1) is 10.4 Å². The highest BCUT2D eigenvalue weighted by molar-refractivity contribution is 7.16. The summed E-state index contributed by atoms with van der Waals surface area (Å²) < 4.78 is 0.846. The van der Waals surface area contributed by atoms with E-state index in [0.717, 1.165) is 10.9 Å². The molecule has 0 amide bonds. The lowest BCUT2D eigenvalue weighted by molar-refractivity contribution is 0.621. The Morgan fingerprint density at radius 1 is 0.857 bits per heavy atom. The number of fused-ring (bicyclic) bond motifs is 3. The highest BCUT2D eigenvalue weighted by Gasteiger charge is 2.27. The van der Waals surface area contributed by atoms with E-state index in [1.165, 1.54) is 27.1 Å². The maximum absolute atomic E-state index is 6.01. The van der Waals surface area contributed by atoms with E-state index in [-0.39, 0.29) is 6.04 Å². The van der Waals surface area contributed by atoms with Crippen LogP contribution in [0.15, 0.2) is 60.7 Å². The summed E-state index contributed by atoms with van der Waals surface area (Å²) in [5.41, 5.74) is 5.41. The first-order valence-corrected chi connectivity index (χ1v) is 8.18. The van der Waals surface area contributed by atoms with Gasteiger partial charge in [-0.2, -0.15) is 0 Å². The Balaban J connectivity index is 1.68. The molecule has 0 bridgehead atoms. The second-order valence-electron chi connectivity index (χ2n) is 5.19. The predicted molar refractivity (Wildman–Crippen MR) is 89.9 cm³/mol. The van der Waals surface area contributed by atoms with E-state index >= 15 is 0 Å². The fourth-order valence-electron chi connectivity index (χ4n) is 3.02. The molecule has 1 N–H and O–H groups in total. The van der Waals surface area contributed by atoms with Gasteiger partial charge in [0.1, 0.15) is 0 Å². The van der Waals surface area contributed by atoms with Gasteiger partial charge in [-0.15, -0.1) is 11.3 Å². The molecule has 1 aliphatic rings. The van der Waals surface area contributed by atoms with Crippen molar-refractivity contribution in [1.82, 2.24) is 5.32 Å². The van der Waals surface area contributed by atoms with Crippen LogP contribution in [0.4, 0.5) is 0 Å². The molecule has 0 radical (unpaired) electrons. The highest BCUT2D eigenvalue weighted by atomic mass is 35.5. The van der Waals surface area contributed by atoms with E-state index in [4.69, 9.17) is 11.6 Å². The molecule has 0 saturated heterocycles. The Labute approximate surface area is 133 Å². The van der Waals surface area contributed by atoms with Crippen LogP contribution in [-0.4, -0.2) is 0 Å². The number of nitrogens with one attached hydrogen (secondary N) is 1. The normalized spacial score (nSPS) is 13.2. The molecule has 0 atom stereocenters. The lowest BCUT2D eigenvalue weighted by atomic mass is 10.1. The van der Waals surface area contributed by atoms with Crippen LogP contribution in [0.25, 0.3) is 11.1 Å². The third-order valence-electron chi connectivity index (χ3n) is 3.94. The van der Waals surface area contributed by atoms with Gasteiger partial charge in [-0.3, -0.25) is 0 Å². The Morgan fingerprint density at radius 3 is 2.05 bits per heavy atom. The summed E-state index contributed by atoms with van der Waals surface area (Å²) in [5.74, 6) is 0. The molecular weight excluding hydrogens is 298 g/mol. The van der Waals surface area contributed by atoms with E-state index in [1.807, 2.05) is 6.07 Å². The van der Waals surface area contributed by atoms with Crippen LogP contribution in [0.5, 0.6) is 0 Å². The number of thiophene rings is 1. The molecular formula is C18H14ClNS. The lowest BCUT2D eigenvalue weighted by Crippen LogP contribution is -2.19. The number of benzene rings is 2. The van der Waals surface area contributed by atoms with E-state index in [0.29, 0.717) is 0 Å². The largest absolute Gasteiger partial charge is 0.301 e. The van der Waals surface area contributed by atoms with Crippen molar-refractivity contribution in [2.45, 2.75) is 12.6 Å². The van der Waals surface area contributed by atoms with Gasteiger partial charge >= 0.3 is 0 Å². The molecule has 0 fully saturated rings. The first-order chi connectivity index (χ1) is 10.3. The van der Waals surface area contributed by atoms with Crippen molar-refractivity contribution >= 4 is 22.9 Å². The number of rotatable bonds is 3. The average Bonchev–Trinajstić information content (AvgIpc) is 3.07. The van der Waals surface area contributed by atoms with Crippen molar-refractivity contribution in [2.75, 3.05) is 0 Å². The fourth-order valence-corrected chi connectivity index (χ4v) is 4.06. The summed E-state index contributed by atoms with van der Waals surface area (Å²) in [6.45, 7) is 0.838. The van der Waals surface area contributed by atoms with Crippen molar-refractivity contribution in [3.8, 4) is 11.1 Å². The molecule has 104 valence electrons. The van der Waals surface area contributed by atoms with Gasteiger partial charge in [0.25, 0.3) is 0 Å². The first kappa shape index (κ1) is 13.1. The van der Waals surface area contributed by atoms with Gasteiger partial charge in [0, 0.05) is 11.4 Å². The first-order valence-electron chi connectivity index (χ1n) is 6.99. The van der Waals surface area contributed by atoms with E-state index in [2.05, 4.69) is 59.9 Å². The lowest BCUT2D eigenvalue weighted by Gasteiger charge is -2.15. The minimum atomic E-state index is 0.262. The second kappa shape index (κ2) is 5.30.